The molecule has 0 bridgehead atoms. The van der Waals surface area contributed by atoms with E-state index < -0.39 is 36.7 Å². The number of hydrogen-bond acceptors (Lipinski definition) is 12. The van der Waals surface area contributed by atoms with Gasteiger partial charge < -0.3 is 30.2 Å². The first kappa shape index (κ1) is 19.5. The Morgan fingerprint density at radius 1 is 1.33 bits per heavy atom. The highest BCUT2D eigenvalue weighted by atomic mass is 16.7. The molecule has 1 fully saturated rings. The lowest BCUT2D eigenvalue weighted by Crippen LogP contribution is -2.41. The second-order valence-electron chi connectivity index (χ2n) is 6.29. The number of fused-ring (bicyclic) bond motifs is 1. The lowest BCUT2D eigenvalue weighted by Gasteiger charge is -2.24. The fraction of sp³-hybridized carbons (Fsp3) is 0.294. The Balaban J connectivity index is 1.53. The molecule has 0 spiro atoms. The summed E-state index contributed by atoms with van der Waals surface area (Å²) in [7, 11) is 0. The molecule has 4 atom stereocenters. The first-order chi connectivity index (χ1) is 14.5. The fourth-order valence-electron chi connectivity index (χ4n) is 3.14. The maximum atomic E-state index is 11.8. The zero-order chi connectivity index (χ0) is 21.3. The lowest BCUT2D eigenvalue weighted by atomic mass is 9.92. The van der Waals surface area contributed by atoms with Crippen LogP contribution in [0.4, 0.5) is 10.6 Å². The van der Waals surface area contributed by atoms with E-state index >= 15 is 0 Å². The fourth-order valence-corrected chi connectivity index (χ4v) is 3.14. The number of rotatable bonds is 4. The van der Waals surface area contributed by atoms with Crippen LogP contribution in [0.5, 0.6) is 6.01 Å². The van der Waals surface area contributed by atoms with Crippen LogP contribution >= 0.6 is 0 Å². The topological polar surface area (TPSA) is 191 Å². The molecule has 0 amide bonds. The van der Waals surface area contributed by atoms with Crippen molar-refractivity contribution < 1.29 is 29.2 Å². The van der Waals surface area contributed by atoms with Crippen molar-refractivity contribution in [2.75, 3.05) is 12.3 Å². The Bertz CT molecular complexity index is 1120. The minimum Gasteiger partial charge on any atom is -0.431 e. The van der Waals surface area contributed by atoms with E-state index in [1.165, 1.54) is 35.4 Å². The predicted octanol–water partition coefficient (Wildman–Crippen LogP) is -0.843. The van der Waals surface area contributed by atoms with Crippen LogP contribution in [-0.2, 0) is 15.1 Å². The van der Waals surface area contributed by atoms with Gasteiger partial charge in [0.15, 0.2) is 5.82 Å². The number of nitriles is 1. The van der Waals surface area contributed by atoms with Gasteiger partial charge in [-0.05, 0) is 18.2 Å². The average Bonchev–Trinajstić information content (AvgIpc) is 3.29. The van der Waals surface area contributed by atoms with Crippen molar-refractivity contribution in [3.63, 3.8) is 0 Å². The minimum atomic E-state index is -1.99. The highest BCUT2D eigenvalue weighted by Gasteiger charge is 2.57. The van der Waals surface area contributed by atoms with Crippen molar-refractivity contribution in [1.29, 1.82) is 5.26 Å². The van der Waals surface area contributed by atoms with Crippen LogP contribution in [0.3, 0.4) is 0 Å². The number of ether oxygens (including phenoxy) is 3. The molecular formula is C17H15N7O6. The van der Waals surface area contributed by atoms with Crippen LogP contribution in [0, 0.1) is 11.3 Å². The zero-order valence-electron chi connectivity index (χ0n) is 15.2. The molecular weight excluding hydrogens is 398 g/mol. The van der Waals surface area contributed by atoms with E-state index in [9.17, 15) is 20.3 Å². The van der Waals surface area contributed by atoms with E-state index in [1.54, 1.807) is 6.07 Å². The number of aliphatic hydroxyl groups is 2. The molecule has 30 heavy (non-hydrogen) atoms. The molecule has 1 aliphatic heterocycles. The maximum absolute atomic E-state index is 11.8. The summed E-state index contributed by atoms with van der Waals surface area (Å²) in [5, 5.41) is 34.8. The zero-order valence-corrected chi connectivity index (χ0v) is 15.2. The third-order valence-corrected chi connectivity index (χ3v) is 4.57. The van der Waals surface area contributed by atoms with Gasteiger partial charge in [-0.1, -0.05) is 0 Å². The van der Waals surface area contributed by atoms with Crippen LogP contribution in [-0.4, -0.2) is 65.9 Å². The summed E-state index contributed by atoms with van der Waals surface area (Å²) in [5.74, 6) is 0.156. The number of aromatic nitrogens is 5. The summed E-state index contributed by atoms with van der Waals surface area (Å²) in [4.78, 5) is 23.1. The molecule has 0 aromatic carbocycles. The molecule has 13 heteroatoms. The molecule has 1 aliphatic rings. The van der Waals surface area contributed by atoms with Gasteiger partial charge in [0.05, 0.1) is 5.69 Å². The number of nitrogens with two attached hydrogens (primary N) is 1. The van der Waals surface area contributed by atoms with Crippen LogP contribution in [0.2, 0.25) is 0 Å². The molecule has 3 aromatic rings. The van der Waals surface area contributed by atoms with Gasteiger partial charge >= 0.3 is 12.2 Å². The molecule has 154 valence electrons. The number of anilines is 1. The van der Waals surface area contributed by atoms with E-state index in [1.807, 2.05) is 6.07 Å². The largest absolute Gasteiger partial charge is 0.516 e. The summed E-state index contributed by atoms with van der Waals surface area (Å²) >= 11 is 0. The number of carbonyl (C=O) groups excluding carboxylic acids is 1. The first-order valence-corrected chi connectivity index (χ1v) is 8.62. The molecule has 4 rings (SSSR count). The number of nitrogen functional groups attached to an aromatic ring is 1. The Labute approximate surface area is 168 Å². The molecule has 13 nitrogen and oxygen atoms in total. The lowest BCUT2D eigenvalue weighted by molar-refractivity contribution is -0.0690. The molecule has 0 saturated carbocycles. The predicted molar refractivity (Wildman–Crippen MR) is 95.6 cm³/mol. The van der Waals surface area contributed by atoms with Gasteiger partial charge in [0, 0.05) is 12.4 Å². The Kier molecular flexibility index (Phi) is 4.88. The van der Waals surface area contributed by atoms with E-state index in [0.717, 1.165) is 0 Å². The number of nitrogens with zero attached hydrogens (tertiary/aromatic N) is 6. The molecule has 1 saturated heterocycles. The van der Waals surface area contributed by atoms with E-state index in [0.29, 0.717) is 5.52 Å². The van der Waals surface area contributed by atoms with Crippen molar-refractivity contribution in [2.24, 2.45) is 0 Å². The van der Waals surface area contributed by atoms with Gasteiger partial charge in [0.25, 0.3) is 0 Å². The quantitative estimate of drug-likeness (QED) is 0.450. The summed E-state index contributed by atoms with van der Waals surface area (Å²) < 4.78 is 16.6. The Morgan fingerprint density at radius 3 is 2.83 bits per heavy atom. The van der Waals surface area contributed by atoms with Gasteiger partial charge in [0.2, 0.25) is 5.60 Å². The average molecular weight is 413 g/mol. The smallest absolute Gasteiger partial charge is 0.431 e. The van der Waals surface area contributed by atoms with Crippen LogP contribution < -0.4 is 10.5 Å². The number of aliphatic hydroxyl groups excluding tert-OH is 2. The van der Waals surface area contributed by atoms with Crippen molar-refractivity contribution in [3.05, 3.63) is 42.6 Å². The van der Waals surface area contributed by atoms with Crippen molar-refractivity contribution >= 4 is 17.5 Å². The number of hydrogen-bond donors (Lipinski definition) is 3. The molecule has 0 aliphatic carbocycles. The molecule has 4 heterocycles. The van der Waals surface area contributed by atoms with Crippen LogP contribution in [0.1, 0.15) is 5.69 Å². The Hall–Kier alpha value is -3.86. The highest BCUT2D eigenvalue weighted by molar-refractivity contribution is 5.66. The third-order valence-electron chi connectivity index (χ3n) is 4.57. The third kappa shape index (κ3) is 3.14. The van der Waals surface area contributed by atoms with Crippen LogP contribution in [0.15, 0.2) is 36.9 Å². The van der Waals surface area contributed by atoms with E-state index in [-0.39, 0.29) is 17.5 Å². The maximum Gasteiger partial charge on any atom is 0.516 e. The van der Waals surface area contributed by atoms with Gasteiger partial charge in [-0.15, -0.1) is 0 Å². The van der Waals surface area contributed by atoms with E-state index in [2.05, 4.69) is 20.1 Å². The van der Waals surface area contributed by atoms with Gasteiger partial charge in [-0.2, -0.15) is 10.4 Å². The molecule has 4 N–H and O–H groups in total. The SMILES string of the molecule is N#C[C@@]1(c2ccc3c(N)ncnn23)O[C@H](COC(=O)Oc2ncccn2)[C@@H](O)[C@H]1O. The number of carbonyl (C=O) groups is 1. The Morgan fingerprint density at radius 2 is 2.10 bits per heavy atom. The standard InChI is InChI=1S/C17H15N7O6/c18-7-17(11-3-2-9-14(19)22-8-23-24(9)11)13(26)12(25)10(30-17)6-28-16(27)29-15-20-4-1-5-21-15/h1-5,8,10,12-13,25-26H,6H2,(H2,19,22,23)/t10-,12-,13-,17+/m1/s1. The molecule has 0 radical (unpaired) electrons. The summed E-state index contributed by atoms with van der Waals surface area (Å²) in [6.07, 6.45) is -1.67. The minimum absolute atomic E-state index is 0.128. The summed E-state index contributed by atoms with van der Waals surface area (Å²) in [5.41, 5.74) is 4.32. The van der Waals surface area contributed by atoms with E-state index in [4.69, 9.17) is 19.9 Å². The monoisotopic (exact) mass is 413 g/mol. The first-order valence-electron chi connectivity index (χ1n) is 8.62. The van der Waals surface area contributed by atoms with Gasteiger partial charge in [-0.25, -0.2) is 24.3 Å². The van der Waals surface area contributed by atoms with Gasteiger partial charge in [0.1, 0.15) is 42.8 Å². The second kappa shape index (κ2) is 7.52. The van der Waals surface area contributed by atoms with Crippen molar-refractivity contribution in [3.8, 4) is 12.1 Å². The van der Waals surface area contributed by atoms with Crippen LogP contribution in [0.25, 0.3) is 5.52 Å². The van der Waals surface area contributed by atoms with Gasteiger partial charge in [-0.3, -0.25) is 0 Å². The molecule has 0 unspecified atom stereocenters. The highest BCUT2D eigenvalue weighted by Crippen LogP contribution is 2.40. The second-order valence-corrected chi connectivity index (χ2v) is 6.29. The summed E-state index contributed by atoms with van der Waals surface area (Å²) in [6, 6.07) is 6.22. The summed E-state index contributed by atoms with van der Waals surface area (Å²) in [6.45, 7) is -0.506. The molecule has 3 aromatic heterocycles. The van der Waals surface area contributed by atoms with Crippen molar-refractivity contribution in [1.82, 2.24) is 24.6 Å². The van der Waals surface area contributed by atoms with Crippen molar-refractivity contribution in [2.45, 2.75) is 23.9 Å². The normalized spacial score (nSPS) is 25.7.